The molecular formula is C23H22N2O3. The van der Waals surface area contributed by atoms with Crippen LogP contribution in [0, 0.1) is 0 Å². The van der Waals surface area contributed by atoms with Crippen LogP contribution in [0.2, 0.25) is 0 Å². The first-order chi connectivity index (χ1) is 13.7. The Bertz CT molecular complexity index is 1070. The van der Waals surface area contributed by atoms with E-state index in [1.807, 2.05) is 41.0 Å². The van der Waals surface area contributed by atoms with Crippen LogP contribution >= 0.6 is 0 Å². The number of rotatable bonds is 3. The van der Waals surface area contributed by atoms with E-state index in [0.29, 0.717) is 19.4 Å². The van der Waals surface area contributed by atoms with Crippen molar-refractivity contribution in [3.05, 3.63) is 71.4 Å². The van der Waals surface area contributed by atoms with Crippen LogP contribution < -0.4 is 0 Å². The van der Waals surface area contributed by atoms with Crippen LogP contribution in [0.3, 0.4) is 0 Å². The lowest BCUT2D eigenvalue weighted by Gasteiger charge is -2.43. The van der Waals surface area contributed by atoms with E-state index in [9.17, 15) is 9.59 Å². The summed E-state index contributed by atoms with van der Waals surface area (Å²) in [6, 6.07) is 17.9. The van der Waals surface area contributed by atoms with Gasteiger partial charge in [-0.05, 0) is 23.6 Å². The van der Waals surface area contributed by atoms with Crippen LogP contribution in [-0.2, 0) is 22.5 Å². The lowest BCUT2D eigenvalue weighted by atomic mass is 9.87. The quantitative estimate of drug-likeness (QED) is 0.656. The number of carbonyl (C=O) groups is 2. The maximum Gasteiger partial charge on any atom is 0.323 e. The SMILES string of the molecule is COC(=O)[C@@H]1Cc2c3n(c4ccccc24)C(=O)CC[C@@H]3N1Cc1ccccc1. The molecule has 0 amide bonds. The van der Waals surface area contributed by atoms with Gasteiger partial charge in [0.25, 0.3) is 0 Å². The highest BCUT2D eigenvalue weighted by Crippen LogP contribution is 2.44. The van der Waals surface area contributed by atoms with E-state index in [2.05, 4.69) is 23.1 Å². The van der Waals surface area contributed by atoms with Crippen LogP contribution in [0.1, 0.15) is 40.5 Å². The third kappa shape index (κ3) is 2.50. The van der Waals surface area contributed by atoms with Gasteiger partial charge < -0.3 is 4.74 Å². The van der Waals surface area contributed by atoms with Gasteiger partial charge in [-0.25, -0.2) is 0 Å². The molecular weight excluding hydrogens is 352 g/mol. The Labute approximate surface area is 163 Å². The van der Waals surface area contributed by atoms with Crippen molar-refractivity contribution in [2.45, 2.75) is 37.9 Å². The van der Waals surface area contributed by atoms with Crippen molar-refractivity contribution < 1.29 is 14.3 Å². The van der Waals surface area contributed by atoms with E-state index in [4.69, 9.17) is 4.74 Å². The number of nitrogens with zero attached hydrogens (tertiary/aromatic N) is 2. The molecule has 0 N–H and O–H groups in total. The normalized spacial score (nSPS) is 21.5. The van der Waals surface area contributed by atoms with Gasteiger partial charge in [-0.1, -0.05) is 48.5 Å². The second-order valence-corrected chi connectivity index (χ2v) is 7.57. The molecule has 1 aromatic heterocycles. The lowest BCUT2D eigenvalue weighted by molar-refractivity contribution is -0.149. The number of aromatic nitrogens is 1. The van der Waals surface area contributed by atoms with Gasteiger partial charge in [-0.2, -0.15) is 0 Å². The molecule has 2 aliphatic heterocycles. The Morgan fingerprint density at radius 1 is 1.11 bits per heavy atom. The number of methoxy groups -OCH3 is 1. The Balaban J connectivity index is 1.69. The Morgan fingerprint density at radius 3 is 2.64 bits per heavy atom. The highest BCUT2D eigenvalue weighted by atomic mass is 16.5. The maximum atomic E-state index is 12.8. The fraction of sp³-hybridized carbons (Fsp3) is 0.304. The van der Waals surface area contributed by atoms with Crippen LogP contribution in [-0.4, -0.2) is 34.5 Å². The number of esters is 1. The van der Waals surface area contributed by atoms with Crippen molar-refractivity contribution in [2.24, 2.45) is 0 Å². The number of ether oxygens (including phenoxy) is 1. The van der Waals surface area contributed by atoms with E-state index < -0.39 is 0 Å². The molecule has 0 saturated heterocycles. The standard InChI is InChI=1S/C23H22N2O3/c1-28-23(27)20-13-17-16-9-5-6-10-18(16)25-21(26)12-11-19(22(17)25)24(20)14-15-7-3-2-4-8-15/h2-10,19-20H,11-14H2,1H3/t19-,20-/m0/s1. The molecule has 0 spiro atoms. The molecule has 3 aromatic rings. The average Bonchev–Trinajstić information content (AvgIpc) is 3.07. The van der Waals surface area contributed by atoms with Crippen molar-refractivity contribution in [1.29, 1.82) is 0 Å². The first-order valence-corrected chi connectivity index (χ1v) is 9.72. The van der Waals surface area contributed by atoms with E-state index in [1.54, 1.807) is 0 Å². The summed E-state index contributed by atoms with van der Waals surface area (Å²) in [6.45, 7) is 0.653. The summed E-state index contributed by atoms with van der Waals surface area (Å²) in [7, 11) is 1.45. The predicted octanol–water partition coefficient (Wildman–Crippen LogP) is 3.72. The van der Waals surface area contributed by atoms with Gasteiger partial charge in [0.05, 0.1) is 18.7 Å². The summed E-state index contributed by atoms with van der Waals surface area (Å²) in [5.41, 5.74) is 4.29. The van der Waals surface area contributed by atoms with E-state index in [1.165, 1.54) is 7.11 Å². The summed E-state index contributed by atoms with van der Waals surface area (Å²) in [4.78, 5) is 27.7. The largest absolute Gasteiger partial charge is 0.468 e. The fourth-order valence-corrected chi connectivity index (χ4v) is 4.89. The van der Waals surface area contributed by atoms with Gasteiger partial charge in [0.15, 0.2) is 0 Å². The molecule has 0 unspecified atom stereocenters. The first kappa shape index (κ1) is 17.2. The molecule has 28 heavy (non-hydrogen) atoms. The number of fused-ring (bicyclic) bond motifs is 3. The Morgan fingerprint density at radius 2 is 1.86 bits per heavy atom. The van der Waals surface area contributed by atoms with Crippen LogP contribution in [0.25, 0.3) is 10.9 Å². The third-order valence-corrected chi connectivity index (χ3v) is 6.10. The molecule has 2 aliphatic rings. The van der Waals surface area contributed by atoms with Gasteiger partial charge in [0.2, 0.25) is 5.91 Å². The van der Waals surface area contributed by atoms with Crippen molar-refractivity contribution >= 4 is 22.8 Å². The number of benzene rings is 2. The highest BCUT2D eigenvalue weighted by molar-refractivity contribution is 5.98. The van der Waals surface area contributed by atoms with Gasteiger partial charge in [-0.3, -0.25) is 19.1 Å². The molecule has 5 rings (SSSR count). The molecule has 0 radical (unpaired) electrons. The average molecular weight is 374 g/mol. The molecule has 0 fully saturated rings. The summed E-state index contributed by atoms with van der Waals surface area (Å²) in [5, 5.41) is 1.08. The third-order valence-electron chi connectivity index (χ3n) is 6.10. The fourth-order valence-electron chi connectivity index (χ4n) is 4.89. The zero-order chi connectivity index (χ0) is 19.3. The van der Waals surface area contributed by atoms with Crippen LogP contribution in [0.15, 0.2) is 54.6 Å². The van der Waals surface area contributed by atoms with E-state index >= 15 is 0 Å². The minimum absolute atomic E-state index is 0.0261. The summed E-state index contributed by atoms with van der Waals surface area (Å²) in [5.74, 6) is -0.0693. The molecule has 142 valence electrons. The van der Waals surface area contributed by atoms with Gasteiger partial charge in [-0.15, -0.1) is 0 Å². The molecule has 0 aliphatic carbocycles. The number of para-hydroxylation sites is 1. The molecule has 0 saturated carbocycles. The smallest absolute Gasteiger partial charge is 0.323 e. The van der Waals surface area contributed by atoms with Crippen molar-refractivity contribution in [3.8, 4) is 0 Å². The predicted molar refractivity (Wildman–Crippen MR) is 106 cm³/mol. The molecule has 0 bridgehead atoms. The first-order valence-electron chi connectivity index (χ1n) is 9.72. The Kier molecular flexibility index (Phi) is 4.05. The van der Waals surface area contributed by atoms with E-state index in [-0.39, 0.29) is 24.0 Å². The summed E-state index contributed by atoms with van der Waals surface area (Å²) >= 11 is 0. The lowest BCUT2D eigenvalue weighted by Crippen LogP contribution is -2.50. The topological polar surface area (TPSA) is 51.5 Å². The van der Waals surface area contributed by atoms with Crippen LogP contribution in [0.5, 0.6) is 0 Å². The highest BCUT2D eigenvalue weighted by Gasteiger charge is 2.44. The number of hydrogen-bond acceptors (Lipinski definition) is 4. The van der Waals surface area contributed by atoms with Gasteiger partial charge in [0.1, 0.15) is 6.04 Å². The molecule has 5 heteroatoms. The molecule has 2 atom stereocenters. The Hall–Kier alpha value is -2.92. The maximum absolute atomic E-state index is 12.8. The minimum Gasteiger partial charge on any atom is -0.468 e. The zero-order valence-corrected chi connectivity index (χ0v) is 15.8. The molecule has 3 heterocycles. The van der Waals surface area contributed by atoms with Crippen LogP contribution in [0.4, 0.5) is 0 Å². The van der Waals surface area contributed by atoms with Gasteiger partial charge in [0, 0.05) is 30.5 Å². The van der Waals surface area contributed by atoms with E-state index in [0.717, 1.165) is 34.1 Å². The zero-order valence-electron chi connectivity index (χ0n) is 15.8. The second-order valence-electron chi connectivity index (χ2n) is 7.57. The molecule has 5 nitrogen and oxygen atoms in total. The van der Waals surface area contributed by atoms with Crippen molar-refractivity contribution in [2.75, 3.05) is 7.11 Å². The van der Waals surface area contributed by atoms with Crippen molar-refractivity contribution in [3.63, 3.8) is 0 Å². The monoisotopic (exact) mass is 374 g/mol. The summed E-state index contributed by atoms with van der Waals surface area (Å²) < 4.78 is 7.06. The number of carbonyl (C=O) groups excluding carboxylic acids is 2. The minimum atomic E-state index is -0.352. The summed E-state index contributed by atoms with van der Waals surface area (Å²) in [6.07, 6.45) is 1.77. The van der Waals surface area contributed by atoms with Gasteiger partial charge >= 0.3 is 5.97 Å². The van der Waals surface area contributed by atoms with Crippen molar-refractivity contribution in [1.82, 2.24) is 9.47 Å². The second kappa shape index (κ2) is 6.60. The number of hydrogen-bond donors (Lipinski definition) is 0. The molecule has 2 aromatic carbocycles.